The van der Waals surface area contributed by atoms with E-state index >= 15 is 0 Å². The number of carbonyl (C=O) groups is 1. The quantitative estimate of drug-likeness (QED) is 0.345. The number of benzene rings is 3. The largest absolute Gasteiger partial charge is 0.495 e. The van der Waals surface area contributed by atoms with E-state index in [1.165, 1.54) is 55.6 Å². The molecule has 0 unspecified atom stereocenters. The first kappa shape index (κ1) is 24.3. The van der Waals surface area contributed by atoms with Crippen molar-refractivity contribution >= 4 is 56.2 Å². The van der Waals surface area contributed by atoms with Gasteiger partial charge in [0.15, 0.2) is 0 Å². The molecule has 0 aliphatic rings. The van der Waals surface area contributed by atoms with Crippen molar-refractivity contribution in [2.24, 2.45) is 0 Å². The molecule has 0 atom stereocenters. The summed E-state index contributed by atoms with van der Waals surface area (Å²) in [6.07, 6.45) is 0. The van der Waals surface area contributed by atoms with Crippen molar-refractivity contribution in [2.75, 3.05) is 23.3 Å². The monoisotopic (exact) mass is 509 g/mol. The molecule has 0 saturated carbocycles. The first-order valence-corrected chi connectivity index (χ1v) is 11.5. The Bertz CT molecular complexity index is 1300. The van der Waals surface area contributed by atoms with Gasteiger partial charge in [-0.25, -0.2) is 8.42 Å². The van der Waals surface area contributed by atoms with E-state index in [1.54, 1.807) is 12.1 Å². The Kier molecular flexibility index (Phi) is 7.42. The number of nitrogens with zero attached hydrogens (tertiary/aromatic N) is 2. The lowest BCUT2D eigenvalue weighted by Crippen LogP contribution is -2.38. The summed E-state index contributed by atoms with van der Waals surface area (Å²) in [6.45, 7) is -0.642. The molecule has 3 aromatic rings. The number of sulfonamides is 1. The number of nitrogens with one attached hydrogen (secondary N) is 1. The molecule has 0 aromatic heterocycles. The molecule has 0 aliphatic carbocycles. The number of methoxy groups -OCH3 is 1. The molecule has 0 spiro atoms. The van der Waals surface area contributed by atoms with Crippen molar-refractivity contribution in [3.63, 3.8) is 0 Å². The zero-order chi connectivity index (χ0) is 24.2. The van der Waals surface area contributed by atoms with Crippen molar-refractivity contribution in [1.29, 1.82) is 0 Å². The zero-order valence-electron chi connectivity index (χ0n) is 17.1. The number of anilines is 2. The first-order valence-electron chi connectivity index (χ1n) is 9.28. The molecule has 3 rings (SSSR count). The van der Waals surface area contributed by atoms with Gasteiger partial charge in [0.1, 0.15) is 12.3 Å². The smallest absolute Gasteiger partial charge is 0.271 e. The lowest BCUT2D eigenvalue weighted by Gasteiger charge is -2.24. The Morgan fingerprint density at radius 3 is 2.36 bits per heavy atom. The summed E-state index contributed by atoms with van der Waals surface area (Å²) in [5.74, 6) is -0.588. The van der Waals surface area contributed by atoms with Gasteiger partial charge in [0.2, 0.25) is 5.91 Å². The van der Waals surface area contributed by atoms with Gasteiger partial charge in [0.25, 0.3) is 15.7 Å². The number of amides is 1. The van der Waals surface area contributed by atoms with Crippen LogP contribution < -0.4 is 14.4 Å². The predicted molar refractivity (Wildman–Crippen MR) is 126 cm³/mol. The van der Waals surface area contributed by atoms with Crippen LogP contribution in [0.3, 0.4) is 0 Å². The summed E-state index contributed by atoms with van der Waals surface area (Å²) in [5.41, 5.74) is -0.100. The minimum absolute atomic E-state index is 0.0200. The van der Waals surface area contributed by atoms with E-state index in [0.717, 1.165) is 10.4 Å². The SMILES string of the molecule is COc1ccc([N+](=O)[O-])cc1NC(=O)CN(c1cccc(Cl)c1)S(=O)(=O)c1ccc(Cl)cc1. The fraction of sp³-hybridized carbons (Fsp3) is 0.0952. The van der Waals surface area contributed by atoms with E-state index in [-0.39, 0.29) is 32.7 Å². The molecular weight excluding hydrogens is 493 g/mol. The highest BCUT2D eigenvalue weighted by molar-refractivity contribution is 7.92. The van der Waals surface area contributed by atoms with Crippen LogP contribution in [0.4, 0.5) is 17.1 Å². The summed E-state index contributed by atoms with van der Waals surface area (Å²) in [5, 5.41) is 14.2. The molecule has 3 aromatic carbocycles. The Morgan fingerprint density at radius 2 is 1.76 bits per heavy atom. The molecule has 12 heteroatoms. The third-order valence-corrected chi connectivity index (χ3v) is 6.73. The average molecular weight is 510 g/mol. The van der Waals surface area contributed by atoms with Crippen LogP contribution in [0.5, 0.6) is 5.75 Å². The standard InChI is InChI=1S/C21H17Cl2N3O6S/c1-32-20-10-7-17(26(28)29)12-19(20)24-21(27)13-25(16-4-2-3-15(23)11-16)33(30,31)18-8-5-14(22)6-9-18/h2-12H,13H2,1H3,(H,24,27). The van der Waals surface area contributed by atoms with Crippen molar-refractivity contribution in [1.82, 2.24) is 0 Å². The Labute approximate surface area is 199 Å². The lowest BCUT2D eigenvalue weighted by molar-refractivity contribution is -0.384. The Balaban J connectivity index is 1.97. The molecule has 0 bridgehead atoms. The molecule has 0 aliphatic heterocycles. The van der Waals surface area contributed by atoms with Crippen LogP contribution in [0, 0.1) is 10.1 Å². The third kappa shape index (κ3) is 5.72. The second-order valence-corrected chi connectivity index (χ2v) is 9.37. The Hall–Kier alpha value is -3.34. The lowest BCUT2D eigenvalue weighted by atomic mass is 10.2. The minimum Gasteiger partial charge on any atom is -0.495 e. The number of hydrogen-bond acceptors (Lipinski definition) is 6. The number of hydrogen-bond donors (Lipinski definition) is 1. The van der Waals surface area contributed by atoms with Crippen molar-refractivity contribution in [3.8, 4) is 5.75 Å². The minimum atomic E-state index is -4.20. The normalized spacial score (nSPS) is 11.0. The molecule has 172 valence electrons. The summed E-state index contributed by atoms with van der Waals surface area (Å²) in [4.78, 5) is 23.2. The predicted octanol–water partition coefficient (Wildman–Crippen LogP) is 4.74. The maximum Gasteiger partial charge on any atom is 0.271 e. The molecule has 33 heavy (non-hydrogen) atoms. The number of carbonyl (C=O) groups excluding carboxylic acids is 1. The van der Waals surface area contributed by atoms with E-state index in [9.17, 15) is 23.3 Å². The fourth-order valence-electron chi connectivity index (χ4n) is 2.91. The van der Waals surface area contributed by atoms with Crippen LogP contribution in [0.15, 0.2) is 71.6 Å². The average Bonchev–Trinajstić information content (AvgIpc) is 2.77. The molecule has 0 fully saturated rings. The van der Waals surface area contributed by atoms with E-state index in [0.29, 0.717) is 5.02 Å². The van der Waals surface area contributed by atoms with E-state index in [4.69, 9.17) is 27.9 Å². The van der Waals surface area contributed by atoms with E-state index in [2.05, 4.69) is 5.32 Å². The topological polar surface area (TPSA) is 119 Å². The van der Waals surface area contributed by atoms with Crippen LogP contribution in [-0.2, 0) is 14.8 Å². The molecule has 0 radical (unpaired) electrons. The number of non-ortho nitro benzene ring substituents is 1. The summed E-state index contributed by atoms with van der Waals surface area (Å²) in [6, 6.07) is 15.1. The van der Waals surface area contributed by atoms with Crippen LogP contribution in [-0.4, -0.2) is 32.9 Å². The second kappa shape index (κ2) is 10.1. The van der Waals surface area contributed by atoms with Gasteiger partial charge in [-0.1, -0.05) is 29.3 Å². The van der Waals surface area contributed by atoms with Gasteiger partial charge in [-0.3, -0.25) is 19.2 Å². The maximum atomic E-state index is 13.4. The van der Waals surface area contributed by atoms with E-state index in [1.807, 2.05) is 0 Å². The van der Waals surface area contributed by atoms with Crippen LogP contribution in [0.1, 0.15) is 0 Å². The van der Waals surface area contributed by atoms with Gasteiger partial charge >= 0.3 is 0 Å². The molecule has 0 heterocycles. The van der Waals surface area contributed by atoms with E-state index < -0.39 is 27.4 Å². The van der Waals surface area contributed by atoms with Gasteiger partial charge in [-0.05, 0) is 48.5 Å². The summed E-state index contributed by atoms with van der Waals surface area (Å²) < 4.78 is 32.7. The summed E-state index contributed by atoms with van der Waals surface area (Å²) >= 11 is 11.9. The molecule has 1 amide bonds. The number of rotatable bonds is 8. The van der Waals surface area contributed by atoms with Crippen LogP contribution in [0.2, 0.25) is 10.0 Å². The summed E-state index contributed by atoms with van der Waals surface area (Å²) in [7, 11) is -2.86. The van der Waals surface area contributed by atoms with Gasteiger partial charge in [0.05, 0.1) is 28.3 Å². The second-order valence-electron chi connectivity index (χ2n) is 6.64. The highest BCUT2D eigenvalue weighted by atomic mass is 35.5. The number of nitro groups is 1. The number of halogens is 2. The van der Waals surface area contributed by atoms with Crippen LogP contribution in [0.25, 0.3) is 0 Å². The maximum absolute atomic E-state index is 13.4. The first-order chi connectivity index (χ1) is 15.6. The third-order valence-electron chi connectivity index (χ3n) is 4.45. The van der Waals surface area contributed by atoms with Gasteiger partial charge in [-0.15, -0.1) is 0 Å². The van der Waals surface area contributed by atoms with Crippen molar-refractivity contribution in [2.45, 2.75) is 4.90 Å². The number of ether oxygens (including phenoxy) is 1. The highest BCUT2D eigenvalue weighted by Gasteiger charge is 2.28. The molecule has 0 saturated heterocycles. The van der Waals surface area contributed by atoms with Crippen LogP contribution >= 0.6 is 23.2 Å². The van der Waals surface area contributed by atoms with Crippen molar-refractivity contribution in [3.05, 3.63) is 86.9 Å². The highest BCUT2D eigenvalue weighted by Crippen LogP contribution is 2.30. The zero-order valence-corrected chi connectivity index (χ0v) is 19.4. The number of nitro benzene ring substituents is 1. The van der Waals surface area contributed by atoms with Gasteiger partial charge < -0.3 is 10.1 Å². The van der Waals surface area contributed by atoms with Crippen molar-refractivity contribution < 1.29 is 22.9 Å². The molecule has 1 N–H and O–H groups in total. The molecule has 9 nitrogen and oxygen atoms in total. The molecular formula is C21H17Cl2N3O6S. The van der Waals surface area contributed by atoms with Gasteiger partial charge in [-0.2, -0.15) is 0 Å². The fourth-order valence-corrected chi connectivity index (χ4v) is 4.63. The van der Waals surface area contributed by atoms with Gasteiger partial charge in [0, 0.05) is 22.2 Å². The Morgan fingerprint density at radius 1 is 1.06 bits per heavy atom.